The van der Waals surface area contributed by atoms with Gasteiger partial charge in [0, 0.05) is 57.4 Å². The molecule has 2 aliphatic heterocycles. The van der Waals surface area contributed by atoms with E-state index in [0.717, 1.165) is 56.5 Å². The van der Waals surface area contributed by atoms with Crippen LogP contribution in [0.3, 0.4) is 0 Å². The van der Waals surface area contributed by atoms with Crippen molar-refractivity contribution in [1.82, 2.24) is 24.4 Å². The normalized spacial score (nSPS) is 19.4. The highest BCUT2D eigenvalue weighted by molar-refractivity contribution is 5.76. The number of anilines is 2. The summed E-state index contributed by atoms with van der Waals surface area (Å²) in [4.78, 5) is 44.8. The van der Waals surface area contributed by atoms with Gasteiger partial charge in [-0.15, -0.1) is 0 Å². The Hall–Kier alpha value is -2.97. The van der Waals surface area contributed by atoms with Gasteiger partial charge in [0.1, 0.15) is 12.4 Å². The van der Waals surface area contributed by atoms with Crippen LogP contribution in [0.15, 0.2) is 29.5 Å². The Morgan fingerprint density at radius 1 is 1.00 bits per heavy atom. The van der Waals surface area contributed by atoms with Gasteiger partial charge in [0.25, 0.3) is 5.56 Å². The molecule has 0 unspecified atom stereocenters. The molecule has 2 saturated heterocycles. The van der Waals surface area contributed by atoms with E-state index in [4.69, 9.17) is 4.98 Å². The third kappa shape index (κ3) is 4.01. The van der Waals surface area contributed by atoms with Crippen LogP contribution in [0, 0.1) is 0 Å². The van der Waals surface area contributed by atoms with Crippen LogP contribution in [-0.4, -0.2) is 69.6 Å². The van der Waals surface area contributed by atoms with E-state index in [2.05, 4.69) is 19.8 Å². The molecule has 4 heterocycles. The molecule has 1 aliphatic carbocycles. The molecule has 9 heteroatoms. The predicted molar refractivity (Wildman–Crippen MR) is 113 cm³/mol. The minimum absolute atomic E-state index is 0.0434. The van der Waals surface area contributed by atoms with Crippen molar-refractivity contribution in [3.05, 3.63) is 40.7 Å². The van der Waals surface area contributed by atoms with Gasteiger partial charge in [-0.25, -0.2) is 9.97 Å². The largest absolute Gasteiger partial charge is 0.353 e. The molecule has 0 spiro atoms. The Balaban J connectivity index is 1.18. The van der Waals surface area contributed by atoms with Crippen molar-refractivity contribution in [1.29, 1.82) is 0 Å². The molecule has 0 radical (unpaired) electrons. The van der Waals surface area contributed by atoms with Crippen LogP contribution in [-0.2, 0) is 11.3 Å². The first-order chi connectivity index (χ1) is 14.7. The Morgan fingerprint density at radius 3 is 2.47 bits per heavy atom. The van der Waals surface area contributed by atoms with Crippen molar-refractivity contribution < 1.29 is 4.79 Å². The molecule has 0 aromatic carbocycles. The number of aromatic nitrogens is 4. The predicted octanol–water partition coefficient (Wildman–Crippen LogP) is 0.860. The lowest BCUT2D eigenvalue weighted by molar-refractivity contribution is -0.132. The summed E-state index contributed by atoms with van der Waals surface area (Å²) in [6, 6.07) is 3.51. The van der Waals surface area contributed by atoms with Gasteiger partial charge >= 0.3 is 0 Å². The van der Waals surface area contributed by atoms with Crippen molar-refractivity contribution in [2.24, 2.45) is 0 Å². The van der Waals surface area contributed by atoms with Crippen molar-refractivity contribution in [3.63, 3.8) is 0 Å². The van der Waals surface area contributed by atoms with E-state index >= 15 is 0 Å². The zero-order valence-corrected chi connectivity index (χ0v) is 17.1. The molecule has 30 heavy (non-hydrogen) atoms. The van der Waals surface area contributed by atoms with Crippen LogP contribution >= 0.6 is 0 Å². The first-order valence-electron chi connectivity index (χ1n) is 10.8. The number of carbonyl (C=O) groups is 1. The van der Waals surface area contributed by atoms with Gasteiger partial charge in [0.15, 0.2) is 0 Å². The molecule has 0 bridgehead atoms. The molecule has 2 aromatic rings. The van der Waals surface area contributed by atoms with E-state index in [0.29, 0.717) is 19.0 Å². The fourth-order valence-electron chi connectivity index (χ4n) is 4.18. The highest BCUT2D eigenvalue weighted by Crippen LogP contribution is 2.38. The van der Waals surface area contributed by atoms with E-state index in [1.807, 2.05) is 17.2 Å². The van der Waals surface area contributed by atoms with E-state index in [9.17, 15) is 9.59 Å². The lowest BCUT2D eigenvalue weighted by atomic mass is 10.3. The molecule has 158 valence electrons. The second kappa shape index (κ2) is 8.04. The average Bonchev–Trinajstić information content (AvgIpc) is 3.49. The summed E-state index contributed by atoms with van der Waals surface area (Å²) in [5, 5.41) is 0. The summed E-state index contributed by atoms with van der Waals surface area (Å²) in [6.07, 6.45) is 7.92. The third-order valence-electron chi connectivity index (χ3n) is 6.18. The monoisotopic (exact) mass is 409 g/mol. The Morgan fingerprint density at radius 2 is 1.77 bits per heavy atom. The van der Waals surface area contributed by atoms with Crippen LogP contribution in [0.2, 0.25) is 0 Å². The smallest absolute Gasteiger partial charge is 0.254 e. The summed E-state index contributed by atoms with van der Waals surface area (Å²) < 4.78 is 1.41. The topological polar surface area (TPSA) is 87.5 Å². The molecule has 3 aliphatic rings. The maximum atomic E-state index is 12.7. The number of rotatable bonds is 5. The second-order valence-corrected chi connectivity index (χ2v) is 8.33. The first-order valence-corrected chi connectivity index (χ1v) is 10.8. The summed E-state index contributed by atoms with van der Waals surface area (Å²) >= 11 is 0. The maximum absolute atomic E-state index is 12.7. The number of hydrogen-bond acceptors (Lipinski definition) is 7. The fraction of sp³-hybridized carbons (Fsp3) is 0.571. The standard InChI is InChI=1S/C21H27N7O2/c29-19-13-17(16-3-4-16)23-15-28(19)14-20(30)26-11-9-25(10-12-26)18-5-6-22-21(24-18)27-7-1-2-8-27/h5-6,13,15-16H,1-4,7-12,14H2. The minimum atomic E-state index is -0.144. The molecular formula is C21H27N7O2. The maximum Gasteiger partial charge on any atom is 0.254 e. The lowest BCUT2D eigenvalue weighted by Gasteiger charge is -2.35. The SMILES string of the molecule is O=C(Cn1cnc(C2CC2)cc1=O)N1CCN(c2ccnc(N3CCCC3)n2)CC1. The van der Waals surface area contributed by atoms with Crippen molar-refractivity contribution in [3.8, 4) is 0 Å². The van der Waals surface area contributed by atoms with E-state index < -0.39 is 0 Å². The molecule has 2 aromatic heterocycles. The minimum Gasteiger partial charge on any atom is -0.353 e. The Labute approximate surface area is 175 Å². The van der Waals surface area contributed by atoms with Gasteiger partial charge in [-0.3, -0.25) is 14.2 Å². The van der Waals surface area contributed by atoms with E-state index in [-0.39, 0.29) is 18.0 Å². The van der Waals surface area contributed by atoms with Gasteiger partial charge < -0.3 is 14.7 Å². The van der Waals surface area contributed by atoms with Crippen molar-refractivity contribution in [2.45, 2.75) is 38.1 Å². The summed E-state index contributed by atoms with van der Waals surface area (Å²) in [6.45, 7) is 4.74. The van der Waals surface area contributed by atoms with Crippen molar-refractivity contribution >= 4 is 17.7 Å². The number of carbonyl (C=O) groups excluding carboxylic acids is 1. The van der Waals surface area contributed by atoms with E-state index in [1.54, 1.807) is 6.07 Å². The summed E-state index contributed by atoms with van der Waals surface area (Å²) in [7, 11) is 0. The van der Waals surface area contributed by atoms with Gasteiger partial charge in [0.2, 0.25) is 11.9 Å². The quantitative estimate of drug-likeness (QED) is 0.724. The summed E-state index contributed by atoms with van der Waals surface area (Å²) in [5.74, 6) is 2.10. The molecule has 5 rings (SSSR count). The van der Waals surface area contributed by atoms with Crippen LogP contribution in [0.1, 0.15) is 37.3 Å². The second-order valence-electron chi connectivity index (χ2n) is 8.33. The highest BCUT2D eigenvalue weighted by Gasteiger charge is 2.26. The van der Waals surface area contributed by atoms with Gasteiger partial charge in [-0.05, 0) is 31.7 Å². The lowest BCUT2D eigenvalue weighted by Crippen LogP contribution is -2.50. The van der Waals surface area contributed by atoms with Crippen molar-refractivity contribution in [2.75, 3.05) is 49.1 Å². The average molecular weight is 409 g/mol. The number of hydrogen-bond donors (Lipinski definition) is 0. The Bertz CT molecular complexity index is 973. The molecule has 0 atom stereocenters. The zero-order chi connectivity index (χ0) is 20.5. The summed E-state index contributed by atoms with van der Waals surface area (Å²) in [5.41, 5.74) is 0.713. The number of piperazine rings is 1. The van der Waals surface area contributed by atoms with E-state index in [1.165, 1.54) is 23.7 Å². The number of amides is 1. The molecule has 1 saturated carbocycles. The van der Waals surface area contributed by atoms with Gasteiger partial charge in [0.05, 0.1) is 12.0 Å². The molecule has 0 N–H and O–H groups in total. The fourth-order valence-corrected chi connectivity index (χ4v) is 4.18. The van der Waals surface area contributed by atoms with Crippen LogP contribution in [0.4, 0.5) is 11.8 Å². The molecule has 9 nitrogen and oxygen atoms in total. The van der Waals surface area contributed by atoms with Gasteiger partial charge in [-0.2, -0.15) is 4.98 Å². The van der Waals surface area contributed by atoms with Crippen LogP contribution in [0.5, 0.6) is 0 Å². The first kappa shape index (κ1) is 19.0. The third-order valence-corrected chi connectivity index (χ3v) is 6.18. The van der Waals surface area contributed by atoms with Gasteiger partial charge in [-0.1, -0.05) is 0 Å². The molecule has 1 amide bonds. The highest BCUT2D eigenvalue weighted by atomic mass is 16.2. The zero-order valence-electron chi connectivity index (χ0n) is 17.1. The van der Waals surface area contributed by atoms with Crippen LogP contribution in [0.25, 0.3) is 0 Å². The Kier molecular flexibility index (Phi) is 5.10. The van der Waals surface area contributed by atoms with Crippen LogP contribution < -0.4 is 15.4 Å². The number of nitrogens with zero attached hydrogens (tertiary/aromatic N) is 7. The molecule has 3 fully saturated rings. The molecular weight excluding hydrogens is 382 g/mol.